The highest BCUT2D eigenvalue weighted by Gasteiger charge is 2.47. The van der Waals surface area contributed by atoms with Crippen molar-refractivity contribution in [3.63, 3.8) is 0 Å². The molecule has 15 nitrogen and oxygen atoms in total. The minimum atomic E-state index is -1.77. The van der Waals surface area contributed by atoms with Crippen LogP contribution in [-0.2, 0) is 38.0 Å². The summed E-state index contributed by atoms with van der Waals surface area (Å²) in [7, 11) is 0. The van der Waals surface area contributed by atoms with Gasteiger partial charge in [0.1, 0.15) is 55.4 Å². The van der Waals surface area contributed by atoms with Crippen LogP contribution >= 0.6 is 0 Å². The molecule has 2 heterocycles. The SMILES string of the molecule is CC/C=C\C/C=C\C/C=C\C/C=C\C/C=C\CCCC(=O)OC(COC(=O)CCCCCC)COC1OC(COC2OC(CO)C(O)C(O)C2O)C(O)C(O)C1O. The number of ether oxygens (including phenoxy) is 6. The van der Waals surface area contributed by atoms with E-state index in [9.17, 15) is 45.3 Å². The van der Waals surface area contributed by atoms with Crippen LogP contribution in [0.5, 0.6) is 0 Å². The van der Waals surface area contributed by atoms with Crippen LogP contribution < -0.4 is 0 Å². The molecule has 0 saturated carbocycles. The Kier molecular flexibility index (Phi) is 26.7. The van der Waals surface area contributed by atoms with E-state index in [1.165, 1.54) is 0 Å². The van der Waals surface area contributed by atoms with E-state index >= 15 is 0 Å². The van der Waals surface area contributed by atoms with Gasteiger partial charge < -0.3 is 64.2 Å². The number of rotatable bonds is 28. The van der Waals surface area contributed by atoms with Gasteiger partial charge in [-0.2, -0.15) is 0 Å². The molecule has 15 heteroatoms. The van der Waals surface area contributed by atoms with Crippen LogP contribution in [0.2, 0.25) is 0 Å². The molecule has 0 aromatic rings. The third-order valence-corrected chi connectivity index (χ3v) is 9.26. The van der Waals surface area contributed by atoms with E-state index in [1.807, 2.05) is 12.2 Å². The molecule has 57 heavy (non-hydrogen) atoms. The van der Waals surface area contributed by atoms with Gasteiger partial charge in [0.05, 0.1) is 19.8 Å². The third kappa shape index (κ3) is 20.1. The Balaban J connectivity index is 1.86. The zero-order valence-corrected chi connectivity index (χ0v) is 33.5. The monoisotopic (exact) mass is 812 g/mol. The average molecular weight is 813 g/mol. The van der Waals surface area contributed by atoms with E-state index in [1.54, 1.807) is 0 Å². The summed E-state index contributed by atoms with van der Waals surface area (Å²) in [5, 5.41) is 71.5. The van der Waals surface area contributed by atoms with Crippen molar-refractivity contribution in [3.05, 3.63) is 60.8 Å². The van der Waals surface area contributed by atoms with Gasteiger partial charge in [0, 0.05) is 12.8 Å². The molecule has 0 amide bonds. The fourth-order valence-corrected chi connectivity index (χ4v) is 5.84. The summed E-state index contributed by atoms with van der Waals surface area (Å²) in [5.41, 5.74) is 0. The van der Waals surface area contributed by atoms with E-state index in [0.29, 0.717) is 19.3 Å². The molecule has 2 aliphatic rings. The van der Waals surface area contributed by atoms with Gasteiger partial charge in [0.2, 0.25) is 0 Å². The number of hydrogen-bond donors (Lipinski definition) is 7. The molecule has 0 aliphatic carbocycles. The van der Waals surface area contributed by atoms with Gasteiger partial charge in [0.15, 0.2) is 18.7 Å². The highest BCUT2D eigenvalue weighted by molar-refractivity contribution is 5.70. The van der Waals surface area contributed by atoms with Crippen LogP contribution in [0.15, 0.2) is 60.8 Å². The lowest BCUT2D eigenvalue weighted by molar-refractivity contribution is -0.332. The van der Waals surface area contributed by atoms with E-state index in [4.69, 9.17) is 28.4 Å². The van der Waals surface area contributed by atoms with Crippen molar-refractivity contribution in [2.45, 2.75) is 165 Å². The molecule has 2 fully saturated rings. The van der Waals surface area contributed by atoms with Gasteiger partial charge in [-0.15, -0.1) is 0 Å². The van der Waals surface area contributed by atoms with Crippen LogP contribution in [0.1, 0.15) is 97.3 Å². The van der Waals surface area contributed by atoms with Gasteiger partial charge in [-0.3, -0.25) is 9.59 Å². The number of aliphatic hydroxyl groups is 7. The van der Waals surface area contributed by atoms with Crippen molar-refractivity contribution in [3.8, 4) is 0 Å². The second-order valence-electron chi connectivity index (χ2n) is 14.1. The molecular weight excluding hydrogens is 744 g/mol. The second kappa shape index (κ2) is 30.3. The van der Waals surface area contributed by atoms with E-state index in [-0.39, 0.29) is 19.4 Å². The summed E-state index contributed by atoms with van der Waals surface area (Å²) in [5.74, 6) is -1.02. The average Bonchev–Trinajstić information content (AvgIpc) is 3.20. The first-order valence-corrected chi connectivity index (χ1v) is 20.4. The summed E-state index contributed by atoms with van der Waals surface area (Å²) in [6.07, 6.45) is 13.6. The number of aliphatic hydroxyl groups excluding tert-OH is 7. The molecule has 326 valence electrons. The third-order valence-electron chi connectivity index (χ3n) is 9.26. The van der Waals surface area contributed by atoms with Crippen LogP contribution in [0.3, 0.4) is 0 Å². The van der Waals surface area contributed by atoms with Crippen LogP contribution in [0, 0.1) is 0 Å². The molecule has 2 saturated heterocycles. The molecule has 0 radical (unpaired) electrons. The Morgan fingerprint density at radius 2 is 1.11 bits per heavy atom. The molecule has 2 rings (SSSR count). The minimum Gasteiger partial charge on any atom is -0.462 e. The normalized spacial score (nSPS) is 29.0. The lowest BCUT2D eigenvalue weighted by Gasteiger charge is -2.42. The van der Waals surface area contributed by atoms with Crippen LogP contribution in [-0.4, -0.2) is 142 Å². The first-order chi connectivity index (χ1) is 27.5. The molecule has 7 N–H and O–H groups in total. The largest absolute Gasteiger partial charge is 0.462 e. The highest BCUT2D eigenvalue weighted by Crippen LogP contribution is 2.26. The molecule has 2 aliphatic heterocycles. The number of carbonyl (C=O) groups excluding carboxylic acids is 2. The minimum absolute atomic E-state index is 0.0839. The maximum atomic E-state index is 12.8. The first kappa shape index (κ1) is 50.3. The van der Waals surface area contributed by atoms with Crippen molar-refractivity contribution in [2.24, 2.45) is 0 Å². The van der Waals surface area contributed by atoms with Gasteiger partial charge in [-0.05, 0) is 51.4 Å². The molecule has 0 aromatic carbocycles. The second-order valence-corrected chi connectivity index (χ2v) is 14.1. The number of carbonyl (C=O) groups is 2. The fourth-order valence-electron chi connectivity index (χ4n) is 5.84. The van der Waals surface area contributed by atoms with Gasteiger partial charge >= 0.3 is 11.9 Å². The predicted molar refractivity (Wildman–Crippen MR) is 210 cm³/mol. The topological polar surface area (TPSA) is 231 Å². The maximum absolute atomic E-state index is 12.8. The van der Waals surface area contributed by atoms with E-state index in [2.05, 4.69) is 62.5 Å². The van der Waals surface area contributed by atoms with Crippen molar-refractivity contribution in [2.75, 3.05) is 26.4 Å². The van der Waals surface area contributed by atoms with E-state index in [0.717, 1.165) is 51.4 Å². The lowest BCUT2D eigenvalue weighted by Crippen LogP contribution is -2.61. The van der Waals surface area contributed by atoms with Crippen molar-refractivity contribution < 1.29 is 73.8 Å². The van der Waals surface area contributed by atoms with E-state index < -0.39 is 99.3 Å². The summed E-state index contributed by atoms with van der Waals surface area (Å²) in [4.78, 5) is 25.2. The lowest BCUT2D eigenvalue weighted by atomic mass is 9.98. The first-order valence-electron chi connectivity index (χ1n) is 20.4. The zero-order valence-electron chi connectivity index (χ0n) is 33.5. The Labute approximate surface area is 337 Å². The molecular formula is C42H68O15. The zero-order chi connectivity index (χ0) is 41.8. The quantitative estimate of drug-likeness (QED) is 0.0342. The van der Waals surface area contributed by atoms with Crippen molar-refractivity contribution >= 4 is 11.9 Å². The number of allylic oxidation sites excluding steroid dienone is 10. The van der Waals surface area contributed by atoms with Gasteiger partial charge in [-0.25, -0.2) is 0 Å². The fraction of sp³-hybridized carbons (Fsp3) is 0.714. The summed E-state index contributed by atoms with van der Waals surface area (Å²) in [6.45, 7) is 2.22. The highest BCUT2D eigenvalue weighted by atomic mass is 16.7. The van der Waals surface area contributed by atoms with Crippen molar-refractivity contribution in [1.82, 2.24) is 0 Å². The van der Waals surface area contributed by atoms with Crippen molar-refractivity contribution in [1.29, 1.82) is 0 Å². The van der Waals surface area contributed by atoms with Gasteiger partial charge in [0.25, 0.3) is 0 Å². The van der Waals surface area contributed by atoms with Crippen LogP contribution in [0.25, 0.3) is 0 Å². The number of hydrogen-bond acceptors (Lipinski definition) is 15. The Morgan fingerprint density at radius 1 is 0.579 bits per heavy atom. The summed E-state index contributed by atoms with van der Waals surface area (Å²) in [6, 6.07) is 0. The molecule has 11 atom stereocenters. The number of unbranched alkanes of at least 4 members (excludes halogenated alkanes) is 4. The number of esters is 2. The summed E-state index contributed by atoms with van der Waals surface area (Å²) >= 11 is 0. The Hall–Kier alpha value is -2.80. The van der Waals surface area contributed by atoms with Crippen LogP contribution in [0.4, 0.5) is 0 Å². The van der Waals surface area contributed by atoms with Gasteiger partial charge in [-0.1, -0.05) is 93.9 Å². The molecule has 0 aromatic heterocycles. The Bertz CT molecular complexity index is 1230. The maximum Gasteiger partial charge on any atom is 0.306 e. The molecule has 0 bridgehead atoms. The molecule has 0 spiro atoms. The predicted octanol–water partition coefficient (Wildman–Crippen LogP) is 2.97. The summed E-state index contributed by atoms with van der Waals surface area (Å²) < 4.78 is 33.1. The smallest absolute Gasteiger partial charge is 0.306 e. The molecule has 11 unspecified atom stereocenters. The standard InChI is InChI=1S/C42H68O15/c1-3-5-7-9-10-11-12-13-14-15-16-17-18-19-20-21-23-25-34(45)55-30(27-52-33(44)24-22-8-6-4-2)28-53-41-40(51)38(49)36(47)32(57-41)29-54-42-39(50)37(48)35(46)31(26-43)56-42/h5,7,10-11,13-14,16-17,19-20,30-32,35-43,46-51H,3-4,6,8-9,12,15,18,21-29H2,1-2H3/b7-5-,11-10-,14-13-,17-16-,20-19-. The Morgan fingerprint density at radius 3 is 1.68 bits per heavy atom.